The molecule has 4 aliphatic rings. The molecule has 1 aromatic carbocycles. The van der Waals surface area contributed by atoms with E-state index in [1.54, 1.807) is 0 Å². The number of rotatable bonds is 7. The van der Waals surface area contributed by atoms with E-state index in [1.807, 2.05) is 19.9 Å². The van der Waals surface area contributed by atoms with E-state index in [0.29, 0.717) is 29.7 Å². The molecular weight excluding hydrogens is 468 g/mol. The van der Waals surface area contributed by atoms with Crippen LogP contribution in [0.1, 0.15) is 112 Å². The maximum atomic E-state index is 13.7. The van der Waals surface area contributed by atoms with Gasteiger partial charge >= 0.3 is 0 Å². The number of hydrogen-bond acceptors (Lipinski definition) is 3. The van der Waals surface area contributed by atoms with Crippen molar-refractivity contribution in [3.05, 3.63) is 63.8 Å². The molecule has 3 nitrogen and oxygen atoms in total. The van der Waals surface area contributed by atoms with E-state index in [1.165, 1.54) is 12.0 Å². The molecule has 0 saturated heterocycles. The molecule has 2 saturated carbocycles. The van der Waals surface area contributed by atoms with Crippen LogP contribution in [0.5, 0.6) is 0 Å². The molecule has 0 amide bonds. The van der Waals surface area contributed by atoms with Crippen LogP contribution >= 0.6 is 0 Å². The van der Waals surface area contributed by atoms with E-state index in [9.17, 15) is 14.4 Å². The third-order valence-electron chi connectivity index (χ3n) is 9.93. The van der Waals surface area contributed by atoms with E-state index >= 15 is 0 Å². The largest absolute Gasteiger partial charge is 0.294 e. The summed E-state index contributed by atoms with van der Waals surface area (Å²) in [4.78, 5) is 40.4. The summed E-state index contributed by atoms with van der Waals surface area (Å²) < 4.78 is 0. The number of carbonyl (C=O) groups is 3. The second kappa shape index (κ2) is 11.3. The lowest BCUT2D eigenvalue weighted by atomic mass is 9.74. The fraction of sp³-hybridized carbons (Fsp3) is 0.571. The normalized spacial score (nSPS) is 29.2. The van der Waals surface area contributed by atoms with Crippen LogP contribution in [-0.2, 0) is 16.0 Å². The Balaban J connectivity index is 1.27. The van der Waals surface area contributed by atoms with Gasteiger partial charge in [0, 0.05) is 23.0 Å². The number of Topliss-reactive ketones (excluding diaryl/α,β-unsaturated/α-hetero) is 3. The summed E-state index contributed by atoms with van der Waals surface area (Å²) in [6.07, 6.45) is 17.8. The van der Waals surface area contributed by atoms with Crippen LogP contribution in [0, 0.1) is 36.5 Å². The van der Waals surface area contributed by atoms with Crippen molar-refractivity contribution in [2.75, 3.05) is 0 Å². The zero-order valence-corrected chi connectivity index (χ0v) is 23.8. The summed E-state index contributed by atoms with van der Waals surface area (Å²) in [5, 5.41) is 0. The van der Waals surface area contributed by atoms with Gasteiger partial charge in [0.2, 0.25) is 11.6 Å². The monoisotopic (exact) mass is 512 g/mol. The first-order valence-corrected chi connectivity index (χ1v) is 15.0. The van der Waals surface area contributed by atoms with Gasteiger partial charge in [-0.05, 0) is 119 Å². The van der Waals surface area contributed by atoms with Gasteiger partial charge in [0.05, 0.1) is 0 Å². The van der Waals surface area contributed by atoms with Crippen LogP contribution in [0.15, 0.2) is 41.5 Å². The molecule has 2 fully saturated rings. The topological polar surface area (TPSA) is 51.2 Å². The third-order valence-corrected chi connectivity index (χ3v) is 9.93. The van der Waals surface area contributed by atoms with Crippen molar-refractivity contribution >= 4 is 22.9 Å². The molecule has 1 atom stereocenters. The number of fused-ring (bicyclic) bond motifs is 1. The number of carbonyl (C=O) groups excluding carboxylic acids is 3. The van der Waals surface area contributed by atoms with Crippen LogP contribution in [0.4, 0.5) is 0 Å². The van der Waals surface area contributed by atoms with Gasteiger partial charge in [0.1, 0.15) is 0 Å². The van der Waals surface area contributed by atoms with Crippen molar-refractivity contribution in [3.63, 3.8) is 0 Å². The minimum absolute atomic E-state index is 0.0588. The Morgan fingerprint density at radius 2 is 1.55 bits per heavy atom. The molecular formula is C35H44O3. The van der Waals surface area contributed by atoms with Crippen LogP contribution in [-0.4, -0.2) is 17.3 Å². The molecule has 1 aromatic rings. The van der Waals surface area contributed by atoms with Gasteiger partial charge in [0.25, 0.3) is 0 Å². The zero-order chi connectivity index (χ0) is 27.0. The Morgan fingerprint density at radius 1 is 0.868 bits per heavy atom. The molecule has 0 spiro atoms. The SMILES string of the molecule is CC1=CCC(CC2CCC(C(=O)c3cc4c(cc3C)CC(C)=C4C(=O)C(=O)C3CCC(C)CC3)CC2)C=C1. The zero-order valence-electron chi connectivity index (χ0n) is 23.8. The average Bonchev–Trinajstić information content (AvgIpc) is 3.23. The van der Waals surface area contributed by atoms with E-state index in [4.69, 9.17) is 0 Å². The number of aryl methyl sites for hydroxylation is 1. The molecule has 0 aromatic heterocycles. The Hall–Kier alpha value is -2.55. The fourth-order valence-corrected chi connectivity index (χ4v) is 7.42. The molecule has 0 heterocycles. The second-order valence-electron chi connectivity index (χ2n) is 12.9. The number of allylic oxidation sites excluding steroid dienone is 6. The first-order valence-electron chi connectivity index (χ1n) is 15.0. The number of ketones is 3. The van der Waals surface area contributed by atoms with E-state index < -0.39 is 0 Å². The molecule has 0 bridgehead atoms. The molecule has 1 unspecified atom stereocenters. The summed E-state index contributed by atoms with van der Waals surface area (Å²) in [6.45, 7) is 8.38. The van der Waals surface area contributed by atoms with Gasteiger partial charge in [-0.3, -0.25) is 14.4 Å². The molecule has 202 valence electrons. The Bertz CT molecular complexity index is 1210. The summed E-state index contributed by atoms with van der Waals surface area (Å²) >= 11 is 0. The number of hydrogen-bond donors (Lipinski definition) is 0. The van der Waals surface area contributed by atoms with Gasteiger partial charge in [-0.2, -0.15) is 0 Å². The molecule has 5 rings (SSSR count). The number of benzene rings is 1. The highest BCUT2D eigenvalue weighted by Gasteiger charge is 2.36. The smallest absolute Gasteiger partial charge is 0.229 e. The molecule has 4 aliphatic carbocycles. The maximum absolute atomic E-state index is 13.7. The van der Waals surface area contributed by atoms with Crippen molar-refractivity contribution in [3.8, 4) is 0 Å². The molecule has 0 aliphatic heterocycles. The predicted octanol–water partition coefficient (Wildman–Crippen LogP) is 8.19. The summed E-state index contributed by atoms with van der Waals surface area (Å²) in [7, 11) is 0. The van der Waals surface area contributed by atoms with Gasteiger partial charge in [-0.25, -0.2) is 0 Å². The molecule has 0 radical (unpaired) electrons. The first-order chi connectivity index (χ1) is 18.2. The van der Waals surface area contributed by atoms with E-state index in [-0.39, 0.29) is 29.2 Å². The van der Waals surface area contributed by atoms with Crippen LogP contribution in [0.25, 0.3) is 5.57 Å². The summed E-state index contributed by atoms with van der Waals surface area (Å²) in [5.74, 6) is 1.57. The van der Waals surface area contributed by atoms with Gasteiger partial charge in [0.15, 0.2) is 5.78 Å². The van der Waals surface area contributed by atoms with Crippen molar-refractivity contribution in [2.45, 2.75) is 98.3 Å². The lowest BCUT2D eigenvalue weighted by molar-refractivity contribution is -0.136. The van der Waals surface area contributed by atoms with Crippen molar-refractivity contribution < 1.29 is 14.4 Å². The van der Waals surface area contributed by atoms with Crippen molar-refractivity contribution in [2.24, 2.45) is 29.6 Å². The second-order valence-corrected chi connectivity index (χ2v) is 12.9. The standard InChI is InChI=1S/C35H44O3/c1-21-5-9-25(10-6-21)19-26-11-15-27(16-12-26)33(36)30-20-31-29(17-23(30)3)18-24(4)32(31)35(38)34(37)28-13-7-22(2)8-14-28/h5-6,9,17,20,22,25-28H,7-8,10-16,18-19H2,1-4H3. The van der Waals surface area contributed by atoms with E-state index in [2.05, 4.69) is 38.1 Å². The third kappa shape index (κ3) is 5.58. The summed E-state index contributed by atoms with van der Waals surface area (Å²) in [6, 6.07) is 4.05. The Kier molecular flexibility index (Phi) is 8.03. The highest BCUT2D eigenvalue weighted by molar-refractivity contribution is 6.55. The molecule has 38 heavy (non-hydrogen) atoms. The van der Waals surface area contributed by atoms with Crippen molar-refractivity contribution in [1.29, 1.82) is 0 Å². The molecule has 3 heteroatoms. The van der Waals surface area contributed by atoms with Gasteiger partial charge in [-0.15, -0.1) is 0 Å². The van der Waals surface area contributed by atoms with Gasteiger partial charge in [-0.1, -0.05) is 55.2 Å². The minimum Gasteiger partial charge on any atom is -0.294 e. The van der Waals surface area contributed by atoms with Gasteiger partial charge < -0.3 is 0 Å². The highest BCUT2D eigenvalue weighted by atomic mass is 16.2. The lowest BCUT2D eigenvalue weighted by Crippen LogP contribution is -2.28. The lowest BCUT2D eigenvalue weighted by Gasteiger charge is -2.30. The summed E-state index contributed by atoms with van der Waals surface area (Å²) in [5.41, 5.74) is 6.57. The minimum atomic E-state index is -0.328. The quantitative estimate of drug-likeness (QED) is 0.273. The predicted molar refractivity (Wildman–Crippen MR) is 154 cm³/mol. The van der Waals surface area contributed by atoms with Crippen LogP contribution < -0.4 is 0 Å². The van der Waals surface area contributed by atoms with Crippen molar-refractivity contribution in [1.82, 2.24) is 0 Å². The van der Waals surface area contributed by atoms with Crippen LogP contribution in [0.3, 0.4) is 0 Å². The van der Waals surface area contributed by atoms with E-state index in [0.717, 1.165) is 85.6 Å². The fourth-order valence-electron chi connectivity index (χ4n) is 7.42. The first kappa shape index (κ1) is 27.0. The highest BCUT2D eigenvalue weighted by Crippen LogP contribution is 2.40. The van der Waals surface area contributed by atoms with Crippen LogP contribution in [0.2, 0.25) is 0 Å². The Labute approximate surface area is 228 Å². The average molecular weight is 513 g/mol. The maximum Gasteiger partial charge on any atom is 0.229 e. The molecule has 0 N–H and O–H groups in total. The Morgan fingerprint density at radius 3 is 2.21 bits per heavy atom.